The maximum absolute atomic E-state index is 13.3. The molecule has 1 aliphatic heterocycles. The van der Waals surface area contributed by atoms with Gasteiger partial charge in [0.05, 0.1) is 13.2 Å². The van der Waals surface area contributed by atoms with E-state index in [0.717, 1.165) is 0 Å². The first-order chi connectivity index (χ1) is 13.5. The van der Waals surface area contributed by atoms with Gasteiger partial charge in [-0.3, -0.25) is 14.7 Å². The summed E-state index contributed by atoms with van der Waals surface area (Å²) < 4.78 is 19.8. The summed E-state index contributed by atoms with van der Waals surface area (Å²) in [6.45, 7) is 3.69. The number of ether oxygens (including phenoxy) is 1. The normalized spacial score (nSPS) is 14.6. The zero-order chi connectivity index (χ0) is 19.8. The summed E-state index contributed by atoms with van der Waals surface area (Å²) in [4.78, 5) is 31.9. The standard InChI is InChI=1S/C19H18ClFN4O3/c1-11-14(8-12-2-3-13(21)9-16(12)20)19(27)25-17(23-11)15(10-22-25)18(26)24-4-6-28-7-5-24/h2-3,9-10,22H,4-8H2,1H3. The molecule has 28 heavy (non-hydrogen) atoms. The van der Waals surface area contributed by atoms with Gasteiger partial charge in [-0.25, -0.2) is 13.9 Å². The van der Waals surface area contributed by atoms with Gasteiger partial charge in [0.15, 0.2) is 5.65 Å². The van der Waals surface area contributed by atoms with E-state index < -0.39 is 5.82 Å². The van der Waals surface area contributed by atoms with Crippen LogP contribution in [0.4, 0.5) is 4.39 Å². The van der Waals surface area contributed by atoms with Crippen LogP contribution in [0, 0.1) is 12.7 Å². The second-order valence-corrected chi connectivity index (χ2v) is 7.05. The molecule has 1 saturated heterocycles. The average molecular weight is 405 g/mol. The molecule has 0 aliphatic carbocycles. The van der Waals surface area contributed by atoms with Crippen molar-refractivity contribution in [2.24, 2.45) is 0 Å². The van der Waals surface area contributed by atoms with Crippen LogP contribution >= 0.6 is 11.6 Å². The second kappa shape index (κ2) is 7.37. The summed E-state index contributed by atoms with van der Waals surface area (Å²) in [5, 5.41) is 3.07. The Labute approximate surface area is 164 Å². The lowest BCUT2D eigenvalue weighted by Crippen LogP contribution is -2.40. The van der Waals surface area contributed by atoms with Crippen LogP contribution in [-0.2, 0) is 11.2 Å². The SMILES string of the molecule is Cc1nc2c(C(=O)N3CCOCC3)c[nH]n2c(=O)c1Cc1ccc(F)cc1Cl. The van der Waals surface area contributed by atoms with Crippen LogP contribution < -0.4 is 5.56 Å². The van der Waals surface area contributed by atoms with Crippen molar-refractivity contribution in [2.75, 3.05) is 26.3 Å². The number of nitrogens with one attached hydrogen (secondary N) is 1. The maximum Gasteiger partial charge on any atom is 0.276 e. The monoisotopic (exact) mass is 404 g/mol. The molecule has 0 radical (unpaired) electrons. The minimum Gasteiger partial charge on any atom is -0.378 e. The lowest BCUT2D eigenvalue weighted by molar-refractivity contribution is 0.0304. The van der Waals surface area contributed by atoms with E-state index in [1.165, 1.54) is 22.8 Å². The first kappa shape index (κ1) is 18.6. The fraction of sp³-hybridized carbons (Fsp3) is 0.316. The number of hydrogen-bond acceptors (Lipinski definition) is 4. The van der Waals surface area contributed by atoms with Gasteiger partial charge in [-0.1, -0.05) is 17.7 Å². The third-order valence-electron chi connectivity index (χ3n) is 4.87. The van der Waals surface area contributed by atoms with Crippen molar-refractivity contribution < 1.29 is 13.9 Å². The summed E-state index contributed by atoms with van der Waals surface area (Å²) in [7, 11) is 0. The van der Waals surface area contributed by atoms with E-state index in [1.807, 2.05) is 0 Å². The molecule has 2 aromatic heterocycles. The van der Waals surface area contributed by atoms with E-state index in [2.05, 4.69) is 10.1 Å². The minimum absolute atomic E-state index is 0.192. The molecular weight excluding hydrogens is 387 g/mol. The maximum atomic E-state index is 13.3. The number of H-pyrrole nitrogens is 1. The Kier molecular flexibility index (Phi) is 4.91. The highest BCUT2D eigenvalue weighted by molar-refractivity contribution is 6.31. The Morgan fingerprint density at radius 2 is 2.11 bits per heavy atom. The predicted molar refractivity (Wildman–Crippen MR) is 101 cm³/mol. The number of morpholine rings is 1. The molecule has 0 spiro atoms. The van der Waals surface area contributed by atoms with Gasteiger partial charge in [0.2, 0.25) is 0 Å². The Bertz CT molecular complexity index is 1120. The molecule has 3 aromatic rings. The number of fused-ring (bicyclic) bond motifs is 1. The number of amides is 1. The molecule has 0 bridgehead atoms. The Morgan fingerprint density at radius 3 is 2.82 bits per heavy atom. The molecule has 9 heteroatoms. The smallest absolute Gasteiger partial charge is 0.276 e. The summed E-state index contributed by atoms with van der Waals surface area (Å²) in [5.74, 6) is -0.630. The fourth-order valence-electron chi connectivity index (χ4n) is 3.31. The van der Waals surface area contributed by atoms with E-state index in [9.17, 15) is 14.0 Å². The highest BCUT2D eigenvalue weighted by Crippen LogP contribution is 2.21. The van der Waals surface area contributed by atoms with Crippen LogP contribution in [0.1, 0.15) is 27.2 Å². The van der Waals surface area contributed by atoms with E-state index in [4.69, 9.17) is 16.3 Å². The van der Waals surface area contributed by atoms with E-state index in [1.54, 1.807) is 17.9 Å². The molecule has 1 aliphatic rings. The number of carbonyl (C=O) groups excluding carboxylic acids is 1. The summed E-state index contributed by atoms with van der Waals surface area (Å²) in [6, 6.07) is 4.06. The molecule has 146 valence electrons. The lowest BCUT2D eigenvalue weighted by Gasteiger charge is -2.26. The van der Waals surface area contributed by atoms with Gasteiger partial charge in [0.1, 0.15) is 11.4 Å². The van der Waals surface area contributed by atoms with Gasteiger partial charge in [0.25, 0.3) is 11.5 Å². The van der Waals surface area contributed by atoms with Crippen molar-refractivity contribution in [1.82, 2.24) is 19.5 Å². The number of rotatable bonds is 3. The van der Waals surface area contributed by atoms with Gasteiger partial charge in [-0.15, -0.1) is 0 Å². The third kappa shape index (κ3) is 3.29. The molecular formula is C19H18ClFN4O3. The highest BCUT2D eigenvalue weighted by Gasteiger charge is 2.24. The molecule has 0 atom stereocenters. The van der Waals surface area contributed by atoms with Gasteiger partial charge in [-0.2, -0.15) is 0 Å². The van der Waals surface area contributed by atoms with Gasteiger partial charge < -0.3 is 9.64 Å². The molecule has 0 saturated carbocycles. The van der Waals surface area contributed by atoms with Crippen molar-refractivity contribution in [3.05, 3.63) is 68.0 Å². The minimum atomic E-state index is -0.439. The third-order valence-corrected chi connectivity index (χ3v) is 5.23. The molecule has 1 aromatic carbocycles. The molecule has 3 heterocycles. The fourth-order valence-corrected chi connectivity index (χ4v) is 3.54. The second-order valence-electron chi connectivity index (χ2n) is 6.64. The topological polar surface area (TPSA) is 79.7 Å². The quantitative estimate of drug-likeness (QED) is 0.725. The van der Waals surface area contributed by atoms with E-state index >= 15 is 0 Å². The van der Waals surface area contributed by atoms with Crippen molar-refractivity contribution in [3.63, 3.8) is 0 Å². The zero-order valence-corrected chi connectivity index (χ0v) is 15.9. The predicted octanol–water partition coefficient (Wildman–Crippen LogP) is 2.19. The first-order valence-electron chi connectivity index (χ1n) is 8.86. The lowest BCUT2D eigenvalue weighted by atomic mass is 10.0. The van der Waals surface area contributed by atoms with Crippen LogP contribution in [-0.4, -0.2) is 51.7 Å². The average Bonchev–Trinajstić information content (AvgIpc) is 3.10. The van der Waals surface area contributed by atoms with Crippen molar-refractivity contribution in [1.29, 1.82) is 0 Å². The number of aromatic amines is 1. The summed E-state index contributed by atoms with van der Waals surface area (Å²) >= 11 is 6.10. The molecule has 0 unspecified atom stereocenters. The van der Waals surface area contributed by atoms with Crippen molar-refractivity contribution in [3.8, 4) is 0 Å². The number of carbonyl (C=O) groups is 1. The van der Waals surface area contributed by atoms with Gasteiger partial charge in [-0.05, 0) is 24.6 Å². The number of aromatic nitrogens is 3. The van der Waals surface area contributed by atoms with Crippen LogP contribution in [0.25, 0.3) is 5.65 Å². The number of hydrogen-bond donors (Lipinski definition) is 1. The molecule has 1 N–H and O–H groups in total. The molecule has 1 fully saturated rings. The largest absolute Gasteiger partial charge is 0.378 e. The Hall–Kier alpha value is -2.71. The van der Waals surface area contributed by atoms with Crippen LogP contribution in [0.3, 0.4) is 0 Å². The van der Waals surface area contributed by atoms with Crippen LogP contribution in [0.5, 0.6) is 0 Å². The zero-order valence-electron chi connectivity index (χ0n) is 15.2. The van der Waals surface area contributed by atoms with E-state index in [-0.39, 0.29) is 28.6 Å². The van der Waals surface area contributed by atoms with Crippen molar-refractivity contribution >= 4 is 23.2 Å². The summed E-state index contributed by atoms with van der Waals surface area (Å²) in [5.41, 5.74) is 1.87. The molecule has 4 rings (SSSR count). The van der Waals surface area contributed by atoms with Crippen molar-refractivity contribution in [2.45, 2.75) is 13.3 Å². The Morgan fingerprint density at radius 1 is 1.36 bits per heavy atom. The number of benzene rings is 1. The molecule has 1 amide bonds. The Balaban J connectivity index is 1.73. The van der Waals surface area contributed by atoms with Crippen LogP contribution in [0.2, 0.25) is 5.02 Å². The summed E-state index contributed by atoms with van der Waals surface area (Å²) in [6.07, 6.45) is 1.71. The van der Waals surface area contributed by atoms with Gasteiger partial charge in [0, 0.05) is 42.0 Å². The highest BCUT2D eigenvalue weighted by atomic mass is 35.5. The van der Waals surface area contributed by atoms with E-state index in [0.29, 0.717) is 48.7 Å². The van der Waals surface area contributed by atoms with Crippen LogP contribution in [0.15, 0.2) is 29.2 Å². The van der Waals surface area contributed by atoms with Gasteiger partial charge >= 0.3 is 0 Å². The number of halogens is 2. The molecule has 7 nitrogen and oxygen atoms in total. The number of nitrogens with zero attached hydrogens (tertiary/aromatic N) is 3. The first-order valence-corrected chi connectivity index (χ1v) is 9.24. The number of aryl methyl sites for hydroxylation is 1.